The predicted molar refractivity (Wildman–Crippen MR) is 67.5 cm³/mol. The number of nitrogens with zero attached hydrogens (tertiary/aromatic N) is 4. The van der Waals surface area contributed by atoms with Crippen molar-refractivity contribution >= 4 is 5.97 Å². The van der Waals surface area contributed by atoms with E-state index in [0.29, 0.717) is 18.7 Å². The lowest BCUT2D eigenvalue weighted by Crippen LogP contribution is -2.48. The molecule has 3 rings (SSSR count). The van der Waals surface area contributed by atoms with Gasteiger partial charge in [-0.25, -0.2) is 9.48 Å². The van der Waals surface area contributed by atoms with Crippen LogP contribution in [-0.2, 0) is 10.3 Å². The highest BCUT2D eigenvalue weighted by Crippen LogP contribution is 2.40. The summed E-state index contributed by atoms with van der Waals surface area (Å²) >= 11 is 0. The van der Waals surface area contributed by atoms with E-state index in [9.17, 15) is 9.90 Å². The molecule has 2 aromatic rings. The Morgan fingerprint density at radius 2 is 2.00 bits per heavy atom. The zero-order valence-electron chi connectivity index (χ0n) is 10.6. The largest absolute Gasteiger partial charge is 0.479 e. The minimum Gasteiger partial charge on any atom is -0.479 e. The molecule has 19 heavy (non-hydrogen) atoms. The molecule has 0 unspecified atom stereocenters. The Balaban J connectivity index is 2.08. The molecule has 0 atom stereocenters. The van der Waals surface area contributed by atoms with E-state index in [1.54, 1.807) is 0 Å². The Bertz CT molecular complexity index is 614. The molecule has 1 fully saturated rings. The fourth-order valence-corrected chi connectivity index (χ4v) is 2.39. The number of tetrazole rings is 1. The van der Waals surface area contributed by atoms with Crippen LogP contribution in [0.3, 0.4) is 0 Å². The Morgan fingerprint density at radius 1 is 1.32 bits per heavy atom. The van der Waals surface area contributed by atoms with Gasteiger partial charge >= 0.3 is 5.97 Å². The SMILES string of the molecule is Cc1ccc(-c2nnnn2C2(C(=O)O)CCC2)cc1. The highest BCUT2D eigenvalue weighted by molar-refractivity contribution is 5.78. The smallest absolute Gasteiger partial charge is 0.331 e. The number of rotatable bonds is 3. The molecule has 6 nitrogen and oxygen atoms in total. The van der Waals surface area contributed by atoms with Crippen LogP contribution in [0.15, 0.2) is 24.3 Å². The van der Waals surface area contributed by atoms with Crippen LogP contribution in [-0.4, -0.2) is 31.3 Å². The van der Waals surface area contributed by atoms with Gasteiger partial charge in [-0.3, -0.25) is 0 Å². The van der Waals surface area contributed by atoms with E-state index in [1.807, 2.05) is 31.2 Å². The van der Waals surface area contributed by atoms with Gasteiger partial charge in [0, 0.05) is 5.56 Å². The molecule has 1 aromatic carbocycles. The summed E-state index contributed by atoms with van der Waals surface area (Å²) in [5.74, 6) is -0.346. The molecule has 6 heteroatoms. The molecular formula is C13H14N4O2. The van der Waals surface area contributed by atoms with Gasteiger partial charge in [0.1, 0.15) is 0 Å². The monoisotopic (exact) mass is 258 g/mol. The van der Waals surface area contributed by atoms with E-state index >= 15 is 0 Å². The zero-order valence-corrected chi connectivity index (χ0v) is 10.6. The minimum absolute atomic E-state index is 0.516. The van der Waals surface area contributed by atoms with E-state index < -0.39 is 11.5 Å². The molecule has 0 spiro atoms. The number of carbonyl (C=O) groups is 1. The summed E-state index contributed by atoms with van der Waals surface area (Å²) in [5, 5.41) is 21.0. The van der Waals surface area contributed by atoms with Crippen LogP contribution >= 0.6 is 0 Å². The third-order valence-corrected chi connectivity index (χ3v) is 3.76. The predicted octanol–water partition coefficient (Wildman–Crippen LogP) is 1.61. The maximum absolute atomic E-state index is 11.5. The fraction of sp³-hybridized carbons (Fsp3) is 0.385. The summed E-state index contributed by atoms with van der Waals surface area (Å²) in [4.78, 5) is 11.5. The van der Waals surface area contributed by atoms with Crippen molar-refractivity contribution in [3.8, 4) is 11.4 Å². The summed E-state index contributed by atoms with van der Waals surface area (Å²) in [6, 6.07) is 7.74. The van der Waals surface area contributed by atoms with E-state index in [1.165, 1.54) is 4.68 Å². The molecule has 98 valence electrons. The molecule has 0 bridgehead atoms. The summed E-state index contributed by atoms with van der Waals surface area (Å²) in [6.45, 7) is 2.00. The van der Waals surface area contributed by atoms with Crippen LogP contribution in [0.5, 0.6) is 0 Å². The lowest BCUT2D eigenvalue weighted by molar-refractivity contribution is -0.153. The molecule has 0 aliphatic heterocycles. The van der Waals surface area contributed by atoms with Crippen molar-refractivity contribution < 1.29 is 9.90 Å². The number of carboxylic acids is 1. The van der Waals surface area contributed by atoms with Crippen molar-refractivity contribution in [2.24, 2.45) is 0 Å². The van der Waals surface area contributed by atoms with Crippen molar-refractivity contribution in [2.75, 3.05) is 0 Å². The van der Waals surface area contributed by atoms with Crippen LogP contribution in [0.4, 0.5) is 0 Å². The topological polar surface area (TPSA) is 80.9 Å². The highest BCUT2D eigenvalue weighted by atomic mass is 16.4. The lowest BCUT2D eigenvalue weighted by atomic mass is 9.76. The van der Waals surface area contributed by atoms with Gasteiger partial charge in [-0.15, -0.1) is 5.10 Å². The molecule has 1 aromatic heterocycles. The maximum atomic E-state index is 11.5. The van der Waals surface area contributed by atoms with Crippen LogP contribution in [0.1, 0.15) is 24.8 Å². The Kier molecular flexibility index (Phi) is 2.58. The standard InChI is InChI=1S/C13H14N4O2/c1-9-3-5-10(6-4-9)11-14-15-16-17(11)13(12(18)19)7-2-8-13/h3-6H,2,7-8H2,1H3,(H,18,19). The number of carboxylic acid groups (broad SMARTS) is 1. The number of hydrogen-bond acceptors (Lipinski definition) is 4. The van der Waals surface area contributed by atoms with E-state index in [0.717, 1.165) is 17.5 Å². The molecule has 0 saturated heterocycles. The van der Waals surface area contributed by atoms with Crippen LogP contribution in [0, 0.1) is 6.92 Å². The second kappa shape index (κ2) is 4.15. The number of aliphatic carboxylic acids is 1. The average molecular weight is 258 g/mol. The van der Waals surface area contributed by atoms with Gasteiger partial charge in [0.2, 0.25) is 0 Å². The molecular weight excluding hydrogens is 244 g/mol. The summed E-state index contributed by atoms with van der Waals surface area (Å²) in [7, 11) is 0. The fourth-order valence-electron chi connectivity index (χ4n) is 2.39. The lowest BCUT2D eigenvalue weighted by Gasteiger charge is -2.37. The Morgan fingerprint density at radius 3 is 2.53 bits per heavy atom. The molecule has 1 heterocycles. The molecule has 1 saturated carbocycles. The van der Waals surface area contributed by atoms with Crippen molar-refractivity contribution in [3.05, 3.63) is 29.8 Å². The van der Waals surface area contributed by atoms with Gasteiger partial charge in [-0.05, 0) is 36.6 Å². The van der Waals surface area contributed by atoms with Crippen molar-refractivity contribution in [2.45, 2.75) is 31.7 Å². The molecule has 0 amide bonds. The van der Waals surface area contributed by atoms with Gasteiger partial charge in [-0.2, -0.15) is 0 Å². The minimum atomic E-state index is -0.969. The maximum Gasteiger partial charge on any atom is 0.331 e. The van der Waals surface area contributed by atoms with Crippen LogP contribution < -0.4 is 0 Å². The van der Waals surface area contributed by atoms with Crippen LogP contribution in [0.25, 0.3) is 11.4 Å². The summed E-state index contributed by atoms with van der Waals surface area (Å²) in [5.41, 5.74) is 1.01. The third kappa shape index (κ3) is 1.71. The van der Waals surface area contributed by atoms with Crippen molar-refractivity contribution in [1.82, 2.24) is 20.2 Å². The quantitative estimate of drug-likeness (QED) is 0.904. The Hall–Kier alpha value is -2.24. The number of benzene rings is 1. The summed E-state index contributed by atoms with van der Waals surface area (Å²) in [6.07, 6.45) is 2.04. The first kappa shape index (κ1) is 11.8. The normalized spacial score (nSPS) is 16.9. The number of aromatic nitrogens is 4. The average Bonchev–Trinajstić information content (AvgIpc) is 2.77. The molecule has 1 aliphatic rings. The first-order chi connectivity index (χ1) is 9.13. The number of hydrogen-bond donors (Lipinski definition) is 1. The van der Waals surface area contributed by atoms with Crippen molar-refractivity contribution in [1.29, 1.82) is 0 Å². The molecule has 1 aliphatic carbocycles. The van der Waals surface area contributed by atoms with Gasteiger partial charge in [0.05, 0.1) is 0 Å². The second-order valence-corrected chi connectivity index (χ2v) is 4.97. The van der Waals surface area contributed by atoms with E-state index in [-0.39, 0.29) is 0 Å². The third-order valence-electron chi connectivity index (χ3n) is 3.76. The zero-order chi connectivity index (χ0) is 13.5. The molecule has 1 N–H and O–H groups in total. The van der Waals surface area contributed by atoms with Gasteiger partial charge in [-0.1, -0.05) is 29.8 Å². The highest BCUT2D eigenvalue weighted by Gasteiger charge is 2.49. The summed E-state index contributed by atoms with van der Waals surface area (Å²) < 4.78 is 1.46. The first-order valence-electron chi connectivity index (χ1n) is 6.23. The van der Waals surface area contributed by atoms with E-state index in [2.05, 4.69) is 15.5 Å². The van der Waals surface area contributed by atoms with Gasteiger partial charge in [0.25, 0.3) is 0 Å². The Labute approximate surface area is 110 Å². The number of aryl methyl sites for hydroxylation is 1. The van der Waals surface area contributed by atoms with E-state index in [4.69, 9.17) is 0 Å². The first-order valence-corrected chi connectivity index (χ1v) is 6.23. The van der Waals surface area contributed by atoms with Crippen molar-refractivity contribution in [3.63, 3.8) is 0 Å². The van der Waals surface area contributed by atoms with Gasteiger partial charge < -0.3 is 5.11 Å². The second-order valence-electron chi connectivity index (χ2n) is 4.97. The molecule has 0 radical (unpaired) electrons. The van der Waals surface area contributed by atoms with Crippen LogP contribution in [0.2, 0.25) is 0 Å². The van der Waals surface area contributed by atoms with Gasteiger partial charge in [0.15, 0.2) is 11.4 Å².